The van der Waals surface area contributed by atoms with E-state index in [9.17, 15) is 9.18 Å². The molecule has 4 rings (SSSR count). The van der Waals surface area contributed by atoms with Gasteiger partial charge in [0, 0.05) is 6.54 Å². The monoisotopic (exact) mass is 385 g/mol. The van der Waals surface area contributed by atoms with E-state index >= 15 is 0 Å². The van der Waals surface area contributed by atoms with Crippen molar-refractivity contribution < 1.29 is 13.6 Å². The first-order valence-electron chi connectivity index (χ1n) is 9.41. The number of amides is 1. The van der Waals surface area contributed by atoms with Gasteiger partial charge in [-0.3, -0.25) is 4.79 Å². The summed E-state index contributed by atoms with van der Waals surface area (Å²) in [6.45, 7) is 0.314. The molecule has 0 fully saturated rings. The second-order valence-corrected chi connectivity index (χ2v) is 6.76. The van der Waals surface area contributed by atoms with Crippen LogP contribution in [-0.2, 0) is 6.54 Å². The first kappa shape index (κ1) is 18.7. The molecule has 144 valence electrons. The Labute approximate surface area is 169 Å². The predicted octanol–water partition coefficient (Wildman–Crippen LogP) is 5.85. The molecule has 0 radical (unpaired) electrons. The summed E-state index contributed by atoms with van der Waals surface area (Å²) in [6, 6.07) is 29.0. The van der Waals surface area contributed by atoms with Crippen LogP contribution in [0.25, 0.3) is 0 Å². The summed E-state index contributed by atoms with van der Waals surface area (Å²) >= 11 is 0. The molecule has 4 heteroatoms. The van der Waals surface area contributed by atoms with Gasteiger partial charge >= 0.3 is 0 Å². The zero-order valence-corrected chi connectivity index (χ0v) is 15.7. The Morgan fingerprint density at radius 1 is 0.793 bits per heavy atom. The van der Waals surface area contributed by atoms with Crippen LogP contribution in [0.5, 0.6) is 0 Å². The van der Waals surface area contributed by atoms with Gasteiger partial charge in [-0.1, -0.05) is 72.8 Å². The first-order chi connectivity index (χ1) is 14.2. The molecule has 4 aromatic rings. The van der Waals surface area contributed by atoms with Crippen molar-refractivity contribution in [2.24, 2.45) is 0 Å². The van der Waals surface area contributed by atoms with E-state index in [1.165, 1.54) is 18.4 Å². The van der Waals surface area contributed by atoms with Crippen LogP contribution in [0.3, 0.4) is 0 Å². The van der Waals surface area contributed by atoms with E-state index in [2.05, 4.69) is 0 Å². The molecule has 0 atom stereocenters. The fraction of sp³-hybridized carbons (Fsp3) is 0.0800. The summed E-state index contributed by atoms with van der Waals surface area (Å²) in [4.78, 5) is 15.2. The molecule has 3 aromatic carbocycles. The lowest BCUT2D eigenvalue weighted by atomic mass is 9.96. The number of halogens is 1. The molecule has 0 bridgehead atoms. The van der Waals surface area contributed by atoms with Gasteiger partial charge in [-0.15, -0.1) is 0 Å². The van der Waals surface area contributed by atoms with Crippen molar-refractivity contribution >= 4 is 5.91 Å². The number of rotatable bonds is 6. The fourth-order valence-corrected chi connectivity index (χ4v) is 3.43. The largest absolute Gasteiger partial charge is 0.459 e. The maximum Gasteiger partial charge on any atom is 0.290 e. The molecule has 0 aliphatic heterocycles. The van der Waals surface area contributed by atoms with Gasteiger partial charge in [-0.05, 0) is 41.0 Å². The van der Waals surface area contributed by atoms with Gasteiger partial charge in [0.1, 0.15) is 5.82 Å². The summed E-state index contributed by atoms with van der Waals surface area (Å²) in [5.41, 5.74) is 2.81. The number of hydrogen-bond acceptors (Lipinski definition) is 2. The molecule has 1 aromatic heterocycles. The van der Waals surface area contributed by atoms with E-state index in [4.69, 9.17) is 4.42 Å². The lowest BCUT2D eigenvalue weighted by Crippen LogP contribution is -2.35. The van der Waals surface area contributed by atoms with Gasteiger partial charge in [0.05, 0.1) is 12.3 Å². The van der Waals surface area contributed by atoms with Crippen LogP contribution in [-0.4, -0.2) is 10.8 Å². The molecule has 0 spiro atoms. The molecule has 29 heavy (non-hydrogen) atoms. The summed E-state index contributed by atoms with van der Waals surface area (Å²) < 4.78 is 18.8. The van der Waals surface area contributed by atoms with Crippen molar-refractivity contribution in [3.63, 3.8) is 0 Å². The highest BCUT2D eigenvalue weighted by molar-refractivity contribution is 5.92. The third-order valence-electron chi connectivity index (χ3n) is 4.80. The van der Waals surface area contributed by atoms with E-state index in [1.54, 1.807) is 29.2 Å². The van der Waals surface area contributed by atoms with Gasteiger partial charge in [0.2, 0.25) is 0 Å². The molecule has 0 saturated heterocycles. The second kappa shape index (κ2) is 8.57. The van der Waals surface area contributed by atoms with Crippen LogP contribution in [0, 0.1) is 5.82 Å². The smallest absolute Gasteiger partial charge is 0.290 e. The molecular formula is C25H20FNO2. The Hall–Kier alpha value is -3.66. The Morgan fingerprint density at radius 3 is 1.90 bits per heavy atom. The maximum absolute atomic E-state index is 13.4. The highest BCUT2D eigenvalue weighted by Gasteiger charge is 2.29. The topological polar surface area (TPSA) is 33.5 Å². The Kier molecular flexibility index (Phi) is 5.52. The van der Waals surface area contributed by atoms with Gasteiger partial charge in [0.25, 0.3) is 5.91 Å². The molecular weight excluding hydrogens is 365 g/mol. The molecule has 3 nitrogen and oxygen atoms in total. The minimum atomic E-state index is -0.319. The quantitative estimate of drug-likeness (QED) is 0.417. The molecule has 0 N–H and O–H groups in total. The summed E-state index contributed by atoms with van der Waals surface area (Å²) in [5.74, 6) is -0.263. The predicted molar refractivity (Wildman–Crippen MR) is 110 cm³/mol. The second-order valence-electron chi connectivity index (χ2n) is 6.76. The molecule has 0 aliphatic carbocycles. The average Bonchev–Trinajstić information content (AvgIpc) is 3.31. The van der Waals surface area contributed by atoms with E-state index in [-0.39, 0.29) is 23.5 Å². The number of hydrogen-bond donors (Lipinski definition) is 0. The van der Waals surface area contributed by atoms with Crippen molar-refractivity contribution in [2.45, 2.75) is 12.6 Å². The van der Waals surface area contributed by atoms with Crippen molar-refractivity contribution in [1.29, 1.82) is 0 Å². The number of nitrogens with zero attached hydrogens (tertiary/aromatic N) is 1. The molecule has 0 unspecified atom stereocenters. The average molecular weight is 385 g/mol. The molecule has 0 aliphatic rings. The SMILES string of the molecule is O=C(c1ccco1)N(Cc1ccc(F)cc1)C(c1ccccc1)c1ccccc1. The fourth-order valence-electron chi connectivity index (χ4n) is 3.43. The summed E-state index contributed by atoms with van der Waals surface area (Å²) in [6.07, 6.45) is 1.49. The van der Waals surface area contributed by atoms with E-state index in [0.29, 0.717) is 6.54 Å². The Morgan fingerprint density at radius 2 is 1.38 bits per heavy atom. The third-order valence-corrected chi connectivity index (χ3v) is 4.80. The van der Waals surface area contributed by atoms with Crippen molar-refractivity contribution in [3.8, 4) is 0 Å². The van der Waals surface area contributed by atoms with Crippen LogP contribution in [0.2, 0.25) is 0 Å². The van der Waals surface area contributed by atoms with Crippen molar-refractivity contribution in [2.75, 3.05) is 0 Å². The lowest BCUT2D eigenvalue weighted by molar-refractivity contribution is 0.0658. The van der Waals surface area contributed by atoms with E-state index in [0.717, 1.165) is 16.7 Å². The van der Waals surface area contributed by atoms with Crippen molar-refractivity contribution in [1.82, 2.24) is 4.90 Å². The minimum absolute atomic E-state index is 0.225. The highest BCUT2D eigenvalue weighted by Crippen LogP contribution is 2.31. The standard InChI is InChI=1S/C25H20FNO2/c26-22-15-13-19(14-16-22)18-27(25(28)23-12-7-17-29-23)24(20-8-3-1-4-9-20)21-10-5-2-6-11-21/h1-17,24H,18H2. The van der Waals surface area contributed by atoms with E-state index < -0.39 is 0 Å². The van der Waals surface area contributed by atoms with Crippen LogP contribution in [0.15, 0.2) is 108 Å². The third kappa shape index (κ3) is 4.27. The minimum Gasteiger partial charge on any atom is -0.459 e. The zero-order valence-electron chi connectivity index (χ0n) is 15.7. The van der Waals surface area contributed by atoms with Crippen LogP contribution in [0.4, 0.5) is 4.39 Å². The molecule has 1 heterocycles. The zero-order chi connectivity index (χ0) is 20.1. The lowest BCUT2D eigenvalue weighted by Gasteiger charge is -2.32. The van der Waals surface area contributed by atoms with E-state index in [1.807, 2.05) is 60.7 Å². The van der Waals surface area contributed by atoms with Crippen LogP contribution < -0.4 is 0 Å². The van der Waals surface area contributed by atoms with Gasteiger partial charge in [0.15, 0.2) is 5.76 Å². The Balaban J connectivity index is 1.81. The summed E-state index contributed by atoms with van der Waals surface area (Å²) in [7, 11) is 0. The number of benzene rings is 3. The Bertz CT molecular complexity index is 1010. The summed E-state index contributed by atoms with van der Waals surface area (Å²) in [5, 5.41) is 0. The number of carbonyl (C=O) groups excluding carboxylic acids is 1. The van der Waals surface area contributed by atoms with Crippen molar-refractivity contribution in [3.05, 3.63) is 132 Å². The van der Waals surface area contributed by atoms with Crippen LogP contribution in [0.1, 0.15) is 33.3 Å². The maximum atomic E-state index is 13.4. The molecule has 1 amide bonds. The van der Waals surface area contributed by atoms with Crippen LogP contribution >= 0.6 is 0 Å². The van der Waals surface area contributed by atoms with Gasteiger partial charge in [-0.2, -0.15) is 0 Å². The highest BCUT2D eigenvalue weighted by atomic mass is 19.1. The first-order valence-corrected chi connectivity index (χ1v) is 9.41. The number of furan rings is 1. The number of carbonyl (C=O) groups is 1. The van der Waals surface area contributed by atoms with Gasteiger partial charge in [-0.25, -0.2) is 4.39 Å². The van der Waals surface area contributed by atoms with Gasteiger partial charge < -0.3 is 9.32 Å². The molecule has 0 saturated carbocycles. The normalized spacial score (nSPS) is 10.8.